The number of fused-ring (bicyclic) bond motifs is 1. The van der Waals surface area contributed by atoms with Crippen LogP contribution in [0.5, 0.6) is 5.75 Å². The Morgan fingerprint density at radius 1 is 1.38 bits per heavy atom. The maximum Gasteiger partial charge on any atom is 0.318 e. The largest absolute Gasteiger partial charge is 0.496 e. The number of hydrogen-bond donors (Lipinski definition) is 2. The normalized spacial score (nSPS) is 13.1. The third-order valence-corrected chi connectivity index (χ3v) is 4.93. The predicted molar refractivity (Wildman–Crippen MR) is 104 cm³/mol. The summed E-state index contributed by atoms with van der Waals surface area (Å²) in [5.74, 6) is 0.769. The summed E-state index contributed by atoms with van der Waals surface area (Å²) < 4.78 is 6.10. The van der Waals surface area contributed by atoms with Crippen molar-refractivity contribution < 1.29 is 9.53 Å². The van der Waals surface area contributed by atoms with E-state index in [9.17, 15) is 4.79 Å². The molecule has 1 aromatic heterocycles. The van der Waals surface area contributed by atoms with Gasteiger partial charge in [-0.15, -0.1) is 0 Å². The fraction of sp³-hybridized carbons (Fsp3) is 0.353. The number of ether oxygens (including phenoxy) is 1. The Morgan fingerprint density at radius 2 is 2.12 bits per heavy atom. The number of rotatable bonds is 3. The van der Waals surface area contributed by atoms with E-state index in [4.69, 9.17) is 22.1 Å². The van der Waals surface area contributed by atoms with E-state index in [1.165, 1.54) is 0 Å². The van der Waals surface area contributed by atoms with Gasteiger partial charge in [0.2, 0.25) is 5.95 Å². The topological polar surface area (TPSA) is 93.4 Å². The van der Waals surface area contributed by atoms with Crippen LogP contribution in [0.4, 0.5) is 10.7 Å². The molecule has 26 heavy (non-hydrogen) atoms. The Bertz CT molecular complexity index is 875. The van der Waals surface area contributed by atoms with Crippen LogP contribution in [0.15, 0.2) is 16.6 Å². The average molecular weight is 441 g/mol. The van der Waals surface area contributed by atoms with Crippen molar-refractivity contribution in [3.8, 4) is 17.0 Å². The molecule has 0 aliphatic carbocycles. The van der Waals surface area contributed by atoms with E-state index in [1.807, 2.05) is 13.8 Å². The lowest BCUT2D eigenvalue weighted by atomic mass is 10.1. The minimum Gasteiger partial charge on any atom is -0.496 e. The SMILES string of the molecule is COc1cc(-c2nc(N)nc3c2CN(C(=O)NC(C)C)C3)c(Cl)cc1Br. The van der Waals surface area contributed by atoms with Gasteiger partial charge in [-0.3, -0.25) is 0 Å². The van der Waals surface area contributed by atoms with Crippen LogP contribution in [0.25, 0.3) is 11.3 Å². The smallest absolute Gasteiger partial charge is 0.318 e. The summed E-state index contributed by atoms with van der Waals surface area (Å²) in [7, 11) is 1.58. The van der Waals surface area contributed by atoms with Crippen molar-refractivity contribution in [3.05, 3.63) is 32.9 Å². The van der Waals surface area contributed by atoms with Crippen molar-refractivity contribution in [1.29, 1.82) is 0 Å². The number of aromatic nitrogens is 2. The first-order valence-corrected chi connectivity index (χ1v) is 9.21. The summed E-state index contributed by atoms with van der Waals surface area (Å²) in [4.78, 5) is 22.7. The Morgan fingerprint density at radius 3 is 2.77 bits per heavy atom. The number of anilines is 1. The molecule has 1 aromatic carbocycles. The van der Waals surface area contributed by atoms with E-state index in [0.717, 1.165) is 15.7 Å². The summed E-state index contributed by atoms with van der Waals surface area (Å²) >= 11 is 9.85. The first-order chi connectivity index (χ1) is 12.3. The number of carbonyl (C=O) groups excluding carboxylic acids is 1. The molecule has 0 radical (unpaired) electrons. The van der Waals surface area contributed by atoms with E-state index in [2.05, 4.69) is 31.2 Å². The van der Waals surface area contributed by atoms with Gasteiger partial charge in [0.15, 0.2) is 0 Å². The van der Waals surface area contributed by atoms with E-state index in [0.29, 0.717) is 35.1 Å². The van der Waals surface area contributed by atoms with Crippen LogP contribution >= 0.6 is 27.5 Å². The van der Waals surface area contributed by atoms with Crippen molar-refractivity contribution in [2.75, 3.05) is 12.8 Å². The van der Waals surface area contributed by atoms with Crippen molar-refractivity contribution in [1.82, 2.24) is 20.2 Å². The van der Waals surface area contributed by atoms with E-state index < -0.39 is 0 Å². The van der Waals surface area contributed by atoms with Gasteiger partial charge in [-0.25, -0.2) is 14.8 Å². The Balaban J connectivity index is 2.04. The number of carbonyl (C=O) groups is 1. The first-order valence-electron chi connectivity index (χ1n) is 8.04. The Kier molecular flexibility index (Phi) is 5.24. The van der Waals surface area contributed by atoms with Gasteiger partial charge in [-0.1, -0.05) is 11.6 Å². The number of nitrogen functional groups attached to an aromatic ring is 1. The fourth-order valence-electron chi connectivity index (χ4n) is 2.85. The average Bonchev–Trinajstić information content (AvgIpc) is 2.98. The van der Waals surface area contributed by atoms with E-state index >= 15 is 0 Å². The highest BCUT2D eigenvalue weighted by atomic mass is 79.9. The minimum absolute atomic E-state index is 0.0482. The second-order valence-electron chi connectivity index (χ2n) is 6.28. The van der Waals surface area contributed by atoms with Crippen LogP contribution in [0.2, 0.25) is 5.02 Å². The third kappa shape index (κ3) is 3.57. The van der Waals surface area contributed by atoms with Gasteiger partial charge in [0.25, 0.3) is 0 Å². The van der Waals surface area contributed by atoms with Crippen molar-refractivity contribution in [3.63, 3.8) is 0 Å². The molecule has 0 atom stereocenters. The minimum atomic E-state index is -0.151. The molecule has 7 nitrogen and oxygen atoms in total. The monoisotopic (exact) mass is 439 g/mol. The van der Waals surface area contributed by atoms with Crippen molar-refractivity contribution in [2.45, 2.75) is 33.0 Å². The number of urea groups is 1. The highest BCUT2D eigenvalue weighted by Gasteiger charge is 2.29. The standard InChI is InChI=1S/C17H19BrClN5O2/c1-8(2)21-17(25)24-6-10-13(7-24)22-16(20)23-15(10)9-4-14(26-3)11(18)5-12(9)19/h4-5,8H,6-7H2,1-3H3,(H,21,25)(H2,20,22,23). The molecule has 0 fully saturated rings. The number of nitrogens with one attached hydrogen (secondary N) is 1. The van der Waals surface area contributed by atoms with Gasteiger partial charge in [0.05, 0.1) is 41.1 Å². The Labute approximate surface area is 165 Å². The lowest BCUT2D eigenvalue weighted by molar-refractivity contribution is 0.195. The van der Waals surface area contributed by atoms with Gasteiger partial charge >= 0.3 is 6.03 Å². The zero-order valence-corrected chi connectivity index (χ0v) is 17.0. The molecule has 138 valence electrons. The highest BCUT2D eigenvalue weighted by Crippen LogP contribution is 2.39. The fourth-order valence-corrected chi connectivity index (χ4v) is 3.74. The number of amides is 2. The number of hydrogen-bond acceptors (Lipinski definition) is 5. The third-order valence-electron chi connectivity index (χ3n) is 4.00. The molecule has 0 saturated heterocycles. The zero-order valence-electron chi connectivity index (χ0n) is 14.6. The maximum absolute atomic E-state index is 12.4. The zero-order chi connectivity index (χ0) is 19.0. The molecule has 1 aliphatic heterocycles. The second-order valence-corrected chi connectivity index (χ2v) is 7.54. The number of nitrogens with two attached hydrogens (primary N) is 1. The van der Waals surface area contributed by atoms with Crippen LogP contribution in [-0.4, -0.2) is 34.1 Å². The summed E-state index contributed by atoms with van der Waals surface area (Å²) in [5, 5.41) is 3.39. The Hall–Kier alpha value is -2.06. The summed E-state index contributed by atoms with van der Waals surface area (Å²) in [6.45, 7) is 4.59. The van der Waals surface area contributed by atoms with Gasteiger partial charge in [-0.2, -0.15) is 0 Å². The lowest BCUT2D eigenvalue weighted by Gasteiger charge is -2.18. The van der Waals surface area contributed by atoms with Crippen LogP contribution in [0.3, 0.4) is 0 Å². The second kappa shape index (κ2) is 7.28. The van der Waals surface area contributed by atoms with Crippen molar-refractivity contribution >= 4 is 39.5 Å². The van der Waals surface area contributed by atoms with E-state index in [1.54, 1.807) is 24.1 Å². The van der Waals surface area contributed by atoms with Gasteiger partial charge < -0.3 is 20.7 Å². The molecule has 1 aliphatic rings. The molecule has 0 saturated carbocycles. The highest BCUT2D eigenvalue weighted by molar-refractivity contribution is 9.10. The predicted octanol–water partition coefficient (Wildman–Crippen LogP) is 3.58. The van der Waals surface area contributed by atoms with Gasteiger partial charge in [-0.05, 0) is 41.9 Å². The molecule has 2 heterocycles. The molecular weight excluding hydrogens is 422 g/mol. The molecule has 2 aromatic rings. The molecule has 0 bridgehead atoms. The summed E-state index contributed by atoms with van der Waals surface area (Å²) in [6, 6.07) is 3.44. The van der Waals surface area contributed by atoms with E-state index in [-0.39, 0.29) is 18.0 Å². The first kappa shape index (κ1) is 18.7. The number of methoxy groups -OCH3 is 1. The quantitative estimate of drug-likeness (QED) is 0.761. The van der Waals surface area contributed by atoms with Gasteiger partial charge in [0.1, 0.15) is 5.75 Å². The van der Waals surface area contributed by atoms with Crippen molar-refractivity contribution in [2.24, 2.45) is 0 Å². The molecule has 9 heteroatoms. The number of benzene rings is 1. The molecule has 0 unspecified atom stereocenters. The summed E-state index contributed by atoms with van der Waals surface area (Å²) in [6.07, 6.45) is 0. The molecule has 3 rings (SSSR count). The van der Waals surface area contributed by atoms with Crippen LogP contribution in [0.1, 0.15) is 25.1 Å². The van der Waals surface area contributed by atoms with Crippen LogP contribution < -0.4 is 15.8 Å². The molecular formula is C17H19BrClN5O2. The van der Waals surface area contributed by atoms with Crippen LogP contribution in [0, 0.1) is 0 Å². The lowest BCUT2D eigenvalue weighted by Crippen LogP contribution is -2.40. The molecule has 2 amide bonds. The summed E-state index contributed by atoms with van der Waals surface area (Å²) in [5.41, 5.74) is 8.76. The number of nitrogens with zero attached hydrogens (tertiary/aromatic N) is 3. The van der Waals surface area contributed by atoms with Crippen LogP contribution in [-0.2, 0) is 13.1 Å². The molecule has 3 N–H and O–H groups in total. The molecule has 0 spiro atoms. The maximum atomic E-state index is 12.4. The van der Waals surface area contributed by atoms with Gasteiger partial charge in [0, 0.05) is 17.2 Å². The number of halogens is 2.